The molecule has 19 heavy (non-hydrogen) atoms. The highest BCUT2D eigenvalue weighted by Gasteiger charge is 2.33. The second-order valence-corrected chi connectivity index (χ2v) is 7.56. The molecule has 0 saturated carbocycles. The van der Waals surface area contributed by atoms with E-state index in [1.165, 1.54) is 10.4 Å². The van der Waals surface area contributed by atoms with E-state index in [1.807, 2.05) is 0 Å². The number of halogens is 3. The molecular weight excluding hydrogens is 375 g/mol. The van der Waals surface area contributed by atoms with Crippen LogP contribution in [0.15, 0.2) is 27.6 Å². The lowest BCUT2D eigenvalue weighted by molar-refractivity contribution is 0.459. The Balaban J connectivity index is 0.00000180. The van der Waals surface area contributed by atoms with Crippen molar-refractivity contribution in [2.75, 3.05) is 19.6 Å². The summed E-state index contributed by atoms with van der Waals surface area (Å²) in [5.74, 6) is 0.244. The molecule has 1 saturated heterocycles. The minimum absolute atomic E-state index is 0. The number of hydrogen-bond donors (Lipinski definition) is 1. The van der Waals surface area contributed by atoms with Gasteiger partial charge in [-0.25, -0.2) is 8.42 Å². The third-order valence-electron chi connectivity index (χ3n) is 3.09. The van der Waals surface area contributed by atoms with Gasteiger partial charge in [0.15, 0.2) is 0 Å². The van der Waals surface area contributed by atoms with Gasteiger partial charge in [-0.05, 0) is 37.1 Å². The predicted octanol–water partition coefficient (Wildman–Crippen LogP) is 2.49. The van der Waals surface area contributed by atoms with Gasteiger partial charge in [-0.3, -0.25) is 0 Å². The lowest BCUT2D eigenvalue weighted by atomic mass is 10.1. The lowest BCUT2D eigenvalue weighted by Crippen LogP contribution is -2.30. The lowest BCUT2D eigenvalue weighted by Gasteiger charge is -2.17. The van der Waals surface area contributed by atoms with Crippen LogP contribution in [-0.2, 0) is 10.0 Å². The van der Waals surface area contributed by atoms with E-state index >= 15 is 0 Å². The zero-order valence-electron chi connectivity index (χ0n) is 10.1. The predicted molar refractivity (Wildman–Crippen MR) is 82.3 cm³/mol. The van der Waals surface area contributed by atoms with Gasteiger partial charge in [-0.1, -0.05) is 27.5 Å². The third kappa shape index (κ3) is 3.62. The number of benzene rings is 1. The topological polar surface area (TPSA) is 63.4 Å². The standard InChI is InChI=1S/C11H14BrClN2O2S.ClH/c12-9-1-2-11(10(13)5-9)18(16,17)15-4-3-8(6-14)7-15;/h1-2,5,8H,3-4,6-7,14H2;1H. The average Bonchev–Trinajstić information content (AvgIpc) is 2.77. The van der Waals surface area contributed by atoms with E-state index in [9.17, 15) is 8.42 Å². The van der Waals surface area contributed by atoms with Gasteiger partial charge in [0.1, 0.15) is 4.90 Å². The van der Waals surface area contributed by atoms with Crippen LogP contribution < -0.4 is 5.73 Å². The van der Waals surface area contributed by atoms with Crippen LogP contribution in [-0.4, -0.2) is 32.4 Å². The van der Waals surface area contributed by atoms with Crippen LogP contribution in [0.2, 0.25) is 5.02 Å². The Labute approximate surface area is 132 Å². The van der Waals surface area contributed by atoms with E-state index < -0.39 is 10.0 Å². The van der Waals surface area contributed by atoms with Crippen LogP contribution in [0.1, 0.15) is 6.42 Å². The summed E-state index contributed by atoms with van der Waals surface area (Å²) in [5.41, 5.74) is 5.57. The van der Waals surface area contributed by atoms with E-state index in [-0.39, 0.29) is 28.2 Å². The van der Waals surface area contributed by atoms with Gasteiger partial charge in [-0.2, -0.15) is 4.31 Å². The van der Waals surface area contributed by atoms with Crippen LogP contribution in [0.25, 0.3) is 0 Å². The molecule has 0 aromatic heterocycles. The van der Waals surface area contributed by atoms with Crippen molar-refractivity contribution in [3.63, 3.8) is 0 Å². The highest BCUT2D eigenvalue weighted by molar-refractivity contribution is 9.10. The van der Waals surface area contributed by atoms with Crippen LogP contribution in [0.3, 0.4) is 0 Å². The Kier molecular flexibility index (Phi) is 6.10. The minimum atomic E-state index is -3.50. The van der Waals surface area contributed by atoms with Crippen LogP contribution in [0.4, 0.5) is 0 Å². The average molecular weight is 390 g/mol. The minimum Gasteiger partial charge on any atom is -0.330 e. The maximum absolute atomic E-state index is 12.4. The number of rotatable bonds is 3. The Morgan fingerprint density at radius 3 is 2.68 bits per heavy atom. The van der Waals surface area contributed by atoms with E-state index in [4.69, 9.17) is 17.3 Å². The third-order valence-corrected chi connectivity index (χ3v) is 5.93. The maximum atomic E-state index is 12.4. The second kappa shape index (κ2) is 6.74. The molecule has 2 N–H and O–H groups in total. The van der Waals surface area contributed by atoms with Gasteiger partial charge in [0.25, 0.3) is 0 Å². The van der Waals surface area contributed by atoms with Crippen molar-refractivity contribution in [2.24, 2.45) is 11.7 Å². The number of nitrogens with zero attached hydrogens (tertiary/aromatic N) is 1. The molecule has 1 unspecified atom stereocenters. The van der Waals surface area contributed by atoms with Crippen LogP contribution in [0.5, 0.6) is 0 Å². The Hall–Kier alpha value is 0.150. The van der Waals surface area contributed by atoms with E-state index in [2.05, 4.69) is 15.9 Å². The van der Waals surface area contributed by atoms with Crippen molar-refractivity contribution in [1.82, 2.24) is 4.31 Å². The van der Waals surface area contributed by atoms with Gasteiger partial charge >= 0.3 is 0 Å². The Morgan fingerprint density at radius 2 is 2.16 bits per heavy atom. The molecule has 1 atom stereocenters. The van der Waals surface area contributed by atoms with Gasteiger partial charge in [0, 0.05) is 17.6 Å². The van der Waals surface area contributed by atoms with Crippen molar-refractivity contribution in [3.8, 4) is 0 Å². The quantitative estimate of drug-likeness (QED) is 0.863. The van der Waals surface area contributed by atoms with Crippen LogP contribution in [0, 0.1) is 5.92 Å². The normalized spacial score (nSPS) is 20.3. The van der Waals surface area contributed by atoms with Gasteiger partial charge < -0.3 is 5.73 Å². The summed E-state index contributed by atoms with van der Waals surface area (Å²) in [6, 6.07) is 4.79. The summed E-state index contributed by atoms with van der Waals surface area (Å²) in [7, 11) is -3.50. The van der Waals surface area contributed by atoms with E-state index in [0.717, 1.165) is 10.9 Å². The Bertz CT molecular complexity index is 554. The van der Waals surface area contributed by atoms with Gasteiger partial charge in [0.05, 0.1) is 5.02 Å². The molecule has 0 aliphatic carbocycles. The summed E-state index contributed by atoms with van der Waals surface area (Å²) in [6.45, 7) is 1.50. The molecule has 1 fully saturated rings. The number of nitrogens with two attached hydrogens (primary N) is 1. The first-order chi connectivity index (χ1) is 8.45. The number of sulfonamides is 1. The monoisotopic (exact) mass is 388 g/mol. The van der Waals surface area contributed by atoms with Crippen molar-refractivity contribution in [2.45, 2.75) is 11.3 Å². The molecule has 1 aliphatic rings. The molecule has 0 amide bonds. The summed E-state index contributed by atoms with van der Waals surface area (Å²) >= 11 is 9.26. The fourth-order valence-electron chi connectivity index (χ4n) is 2.03. The van der Waals surface area contributed by atoms with Gasteiger partial charge in [0.2, 0.25) is 10.0 Å². The highest BCUT2D eigenvalue weighted by atomic mass is 79.9. The SMILES string of the molecule is Cl.NCC1CCN(S(=O)(=O)c2ccc(Br)cc2Cl)C1. The highest BCUT2D eigenvalue weighted by Crippen LogP contribution is 2.30. The number of hydrogen-bond acceptors (Lipinski definition) is 3. The molecule has 4 nitrogen and oxygen atoms in total. The molecule has 0 spiro atoms. The molecule has 1 aromatic carbocycles. The molecule has 1 heterocycles. The van der Waals surface area contributed by atoms with Crippen molar-refractivity contribution >= 4 is 50.0 Å². The molecule has 2 rings (SSSR count). The summed E-state index contributed by atoms with van der Waals surface area (Å²) in [6.07, 6.45) is 0.809. The first kappa shape index (κ1) is 17.2. The molecular formula is C11H15BrCl2N2O2S. The fraction of sp³-hybridized carbons (Fsp3) is 0.455. The van der Waals surface area contributed by atoms with Crippen molar-refractivity contribution in [1.29, 1.82) is 0 Å². The zero-order chi connectivity index (χ0) is 13.3. The first-order valence-electron chi connectivity index (χ1n) is 5.60. The smallest absolute Gasteiger partial charge is 0.244 e. The second-order valence-electron chi connectivity index (χ2n) is 4.33. The molecule has 0 radical (unpaired) electrons. The molecule has 1 aromatic rings. The molecule has 1 aliphatic heterocycles. The fourth-order valence-corrected chi connectivity index (χ4v) is 4.57. The van der Waals surface area contributed by atoms with E-state index in [1.54, 1.807) is 12.1 Å². The summed E-state index contributed by atoms with van der Waals surface area (Å²) in [5, 5.41) is 0.237. The van der Waals surface area contributed by atoms with Crippen molar-refractivity contribution < 1.29 is 8.42 Å². The first-order valence-corrected chi connectivity index (χ1v) is 8.21. The summed E-state index contributed by atoms with van der Waals surface area (Å²) in [4.78, 5) is 0.157. The Morgan fingerprint density at radius 1 is 1.47 bits per heavy atom. The van der Waals surface area contributed by atoms with Crippen LogP contribution >= 0.6 is 39.9 Å². The van der Waals surface area contributed by atoms with Gasteiger partial charge in [-0.15, -0.1) is 12.4 Å². The largest absolute Gasteiger partial charge is 0.330 e. The molecule has 108 valence electrons. The van der Waals surface area contributed by atoms with Crippen molar-refractivity contribution in [3.05, 3.63) is 27.7 Å². The zero-order valence-corrected chi connectivity index (χ0v) is 14.0. The molecule has 8 heteroatoms. The molecule has 0 bridgehead atoms. The maximum Gasteiger partial charge on any atom is 0.244 e. The van der Waals surface area contributed by atoms with E-state index in [0.29, 0.717) is 19.6 Å². The summed E-state index contributed by atoms with van der Waals surface area (Å²) < 4.78 is 27.0.